The van der Waals surface area contributed by atoms with Crippen LogP contribution in [-0.2, 0) is 0 Å². The van der Waals surface area contributed by atoms with Gasteiger partial charge in [0.1, 0.15) is 8.07 Å². The molecule has 0 heterocycles. The van der Waals surface area contributed by atoms with Gasteiger partial charge in [0, 0.05) is 5.92 Å². The Bertz CT molecular complexity index is 185. The van der Waals surface area contributed by atoms with E-state index >= 15 is 0 Å². The van der Waals surface area contributed by atoms with Gasteiger partial charge in [0.25, 0.3) is 0 Å². The summed E-state index contributed by atoms with van der Waals surface area (Å²) in [5.41, 5.74) is 3.15. The molecule has 2 atom stereocenters. The van der Waals surface area contributed by atoms with Gasteiger partial charge in [-0.3, -0.25) is 0 Å². The highest BCUT2D eigenvalue weighted by atomic mass is 28.3. The molecule has 0 saturated heterocycles. The van der Waals surface area contributed by atoms with Gasteiger partial charge in [-0.25, -0.2) is 0 Å². The summed E-state index contributed by atoms with van der Waals surface area (Å²) < 4.78 is 0. The Morgan fingerprint density at radius 3 is 2.17 bits per heavy atom. The van der Waals surface area contributed by atoms with E-state index in [2.05, 4.69) is 31.1 Å². The Kier molecular flexibility index (Phi) is 4.54. The second kappa shape index (κ2) is 4.66. The van der Waals surface area contributed by atoms with E-state index in [1.165, 1.54) is 0 Å². The standard InChI is InChI=1S/C9H18O2Si/c1-8(9(11)7-10)5-6-12(2,3)4/h8-11H,7H2,1-4H3/t8-,9-/m1/s1. The quantitative estimate of drug-likeness (QED) is 0.496. The van der Waals surface area contributed by atoms with Crippen LogP contribution in [0.4, 0.5) is 0 Å². The van der Waals surface area contributed by atoms with E-state index in [0.717, 1.165) is 0 Å². The SMILES string of the molecule is C[C@H](C#C[Si](C)(C)C)[C@H](O)CO. The summed E-state index contributed by atoms with van der Waals surface area (Å²) in [6.07, 6.45) is -0.700. The minimum Gasteiger partial charge on any atom is -0.394 e. The van der Waals surface area contributed by atoms with Gasteiger partial charge < -0.3 is 10.2 Å². The zero-order chi connectivity index (χ0) is 9.78. The average molecular weight is 186 g/mol. The topological polar surface area (TPSA) is 40.5 Å². The first-order valence-electron chi connectivity index (χ1n) is 4.18. The van der Waals surface area contributed by atoms with Crippen molar-refractivity contribution in [2.45, 2.75) is 32.7 Å². The molecule has 0 aliphatic heterocycles. The molecule has 0 aromatic carbocycles. The van der Waals surface area contributed by atoms with Crippen molar-refractivity contribution in [3.8, 4) is 11.5 Å². The maximum absolute atomic E-state index is 9.19. The summed E-state index contributed by atoms with van der Waals surface area (Å²) in [7, 11) is -1.33. The Labute approximate surface area is 75.6 Å². The van der Waals surface area contributed by atoms with Crippen molar-refractivity contribution in [1.29, 1.82) is 0 Å². The molecule has 0 rings (SSSR count). The van der Waals surface area contributed by atoms with Gasteiger partial charge >= 0.3 is 0 Å². The molecule has 0 radical (unpaired) electrons. The molecule has 0 spiro atoms. The molecule has 0 aromatic rings. The molecule has 0 aromatic heterocycles. The van der Waals surface area contributed by atoms with Crippen LogP contribution in [0.15, 0.2) is 0 Å². The van der Waals surface area contributed by atoms with Gasteiger partial charge in [0.2, 0.25) is 0 Å². The lowest BCUT2D eigenvalue weighted by atomic mass is 10.1. The first-order chi connectivity index (χ1) is 5.37. The number of aliphatic hydroxyl groups excluding tert-OH is 2. The number of rotatable bonds is 2. The zero-order valence-electron chi connectivity index (χ0n) is 8.26. The van der Waals surface area contributed by atoms with Crippen LogP contribution in [0.1, 0.15) is 6.92 Å². The lowest BCUT2D eigenvalue weighted by Crippen LogP contribution is -2.22. The molecule has 0 aliphatic rings. The highest BCUT2D eigenvalue weighted by Crippen LogP contribution is 2.02. The Balaban J connectivity index is 4.13. The van der Waals surface area contributed by atoms with Crippen molar-refractivity contribution < 1.29 is 10.2 Å². The monoisotopic (exact) mass is 186 g/mol. The van der Waals surface area contributed by atoms with Gasteiger partial charge in [-0.2, -0.15) is 0 Å². The second-order valence-corrected chi connectivity index (χ2v) is 8.81. The van der Waals surface area contributed by atoms with Crippen LogP contribution in [0, 0.1) is 17.4 Å². The first-order valence-corrected chi connectivity index (χ1v) is 7.68. The second-order valence-electron chi connectivity index (χ2n) is 4.06. The molecule has 12 heavy (non-hydrogen) atoms. The third kappa shape index (κ3) is 5.36. The van der Waals surface area contributed by atoms with Crippen LogP contribution in [0.3, 0.4) is 0 Å². The van der Waals surface area contributed by atoms with Crippen molar-refractivity contribution in [3.05, 3.63) is 0 Å². The first kappa shape index (κ1) is 11.7. The number of hydrogen-bond donors (Lipinski definition) is 2. The highest BCUT2D eigenvalue weighted by molar-refractivity contribution is 6.83. The summed E-state index contributed by atoms with van der Waals surface area (Å²) in [6, 6.07) is 0. The molecule has 0 bridgehead atoms. The maximum atomic E-state index is 9.19. The lowest BCUT2D eigenvalue weighted by Gasteiger charge is -2.11. The van der Waals surface area contributed by atoms with Gasteiger partial charge in [-0.05, 0) is 6.92 Å². The molecule has 2 nitrogen and oxygen atoms in total. The van der Waals surface area contributed by atoms with Gasteiger partial charge in [-0.1, -0.05) is 19.6 Å². The fraction of sp³-hybridized carbons (Fsp3) is 0.778. The third-order valence-electron chi connectivity index (χ3n) is 1.44. The van der Waals surface area contributed by atoms with E-state index in [1.54, 1.807) is 0 Å². The van der Waals surface area contributed by atoms with Crippen LogP contribution in [-0.4, -0.2) is 31.0 Å². The molecule has 70 valence electrons. The summed E-state index contributed by atoms with van der Waals surface area (Å²) >= 11 is 0. The zero-order valence-corrected chi connectivity index (χ0v) is 9.26. The minimum absolute atomic E-state index is 0.123. The Hall–Kier alpha value is -0.303. The van der Waals surface area contributed by atoms with E-state index < -0.39 is 14.2 Å². The molecule has 0 saturated carbocycles. The molecular formula is C9H18O2Si. The molecule has 0 unspecified atom stereocenters. The van der Waals surface area contributed by atoms with E-state index in [1.807, 2.05) is 6.92 Å². The van der Waals surface area contributed by atoms with Crippen LogP contribution in [0.5, 0.6) is 0 Å². The van der Waals surface area contributed by atoms with Crippen molar-refractivity contribution in [3.63, 3.8) is 0 Å². The smallest absolute Gasteiger partial charge is 0.129 e. The molecule has 2 N–H and O–H groups in total. The Morgan fingerprint density at radius 2 is 1.83 bits per heavy atom. The number of hydrogen-bond acceptors (Lipinski definition) is 2. The van der Waals surface area contributed by atoms with Crippen molar-refractivity contribution in [2.24, 2.45) is 5.92 Å². The normalized spacial score (nSPS) is 16.2. The average Bonchev–Trinajstić information content (AvgIpc) is 1.97. The van der Waals surface area contributed by atoms with Crippen molar-refractivity contribution in [1.82, 2.24) is 0 Å². The highest BCUT2D eigenvalue weighted by Gasteiger charge is 2.12. The van der Waals surface area contributed by atoms with Crippen molar-refractivity contribution in [2.75, 3.05) is 6.61 Å². The molecule has 0 fully saturated rings. The third-order valence-corrected chi connectivity index (χ3v) is 2.33. The van der Waals surface area contributed by atoms with E-state index in [4.69, 9.17) is 5.11 Å². The number of aliphatic hydroxyl groups is 2. The largest absolute Gasteiger partial charge is 0.394 e. The van der Waals surface area contributed by atoms with Gasteiger partial charge in [0.05, 0.1) is 12.7 Å². The van der Waals surface area contributed by atoms with E-state index in [0.29, 0.717) is 0 Å². The predicted octanol–water partition coefficient (Wildman–Crippen LogP) is 0.856. The molecule has 0 amide bonds. The van der Waals surface area contributed by atoms with E-state index in [9.17, 15) is 5.11 Å². The van der Waals surface area contributed by atoms with Crippen LogP contribution in [0.25, 0.3) is 0 Å². The molecule has 0 aliphatic carbocycles. The van der Waals surface area contributed by atoms with Crippen molar-refractivity contribution >= 4 is 8.07 Å². The minimum atomic E-state index is -1.33. The van der Waals surface area contributed by atoms with Crippen LogP contribution in [0.2, 0.25) is 19.6 Å². The van der Waals surface area contributed by atoms with Crippen LogP contribution < -0.4 is 0 Å². The lowest BCUT2D eigenvalue weighted by molar-refractivity contribution is 0.0712. The summed E-state index contributed by atoms with van der Waals surface area (Å²) in [5, 5.41) is 17.8. The predicted molar refractivity (Wildman–Crippen MR) is 53.4 cm³/mol. The summed E-state index contributed by atoms with van der Waals surface area (Å²) in [6.45, 7) is 8.07. The van der Waals surface area contributed by atoms with E-state index in [-0.39, 0.29) is 12.5 Å². The summed E-state index contributed by atoms with van der Waals surface area (Å²) in [5.74, 6) is 2.85. The van der Waals surface area contributed by atoms with Gasteiger partial charge in [0.15, 0.2) is 0 Å². The van der Waals surface area contributed by atoms with Crippen LogP contribution >= 0.6 is 0 Å². The molecule has 3 heteroatoms. The maximum Gasteiger partial charge on any atom is 0.129 e. The Morgan fingerprint density at radius 1 is 1.33 bits per heavy atom. The molecular weight excluding hydrogens is 168 g/mol. The summed E-state index contributed by atoms with van der Waals surface area (Å²) in [4.78, 5) is 0. The van der Waals surface area contributed by atoms with Gasteiger partial charge in [-0.15, -0.1) is 11.5 Å². The fourth-order valence-electron chi connectivity index (χ4n) is 0.585. The fourth-order valence-corrected chi connectivity index (χ4v) is 1.25.